The Morgan fingerprint density at radius 1 is 1.75 bits per heavy atom. The minimum Gasteiger partial charge on any atom is -0.338 e. The van der Waals surface area contributed by atoms with E-state index in [2.05, 4.69) is 17.4 Å². The third kappa shape index (κ3) is 4.67. The van der Waals surface area contributed by atoms with E-state index in [9.17, 15) is 4.79 Å². The maximum atomic E-state index is 11.5. The van der Waals surface area contributed by atoms with Crippen molar-refractivity contribution in [1.82, 2.24) is 5.16 Å². The van der Waals surface area contributed by atoms with Crippen molar-refractivity contribution < 1.29 is 9.32 Å². The molecule has 0 radical (unpaired) electrons. The van der Waals surface area contributed by atoms with Crippen LogP contribution in [0.15, 0.2) is 10.6 Å². The van der Waals surface area contributed by atoms with E-state index in [0.717, 1.165) is 12.1 Å². The van der Waals surface area contributed by atoms with E-state index in [1.807, 2.05) is 0 Å². The summed E-state index contributed by atoms with van der Waals surface area (Å²) in [5.74, 6) is 0.723. The van der Waals surface area contributed by atoms with E-state index in [4.69, 9.17) is 10.3 Å². The molecule has 1 aromatic rings. The van der Waals surface area contributed by atoms with Crippen LogP contribution in [0.2, 0.25) is 0 Å². The van der Waals surface area contributed by atoms with E-state index in [1.165, 1.54) is 0 Å². The number of hydrogen-bond donors (Lipinski definition) is 2. The predicted octanol–water partition coefficient (Wildman–Crippen LogP) is 1.39. The molecule has 0 aliphatic heterocycles. The van der Waals surface area contributed by atoms with Gasteiger partial charge in [-0.1, -0.05) is 12.1 Å². The van der Waals surface area contributed by atoms with Crippen molar-refractivity contribution in [1.29, 1.82) is 0 Å². The SMILES string of the molecule is Cc1cc(NC(=O)CSC(C)CCN)on1. The first-order valence-corrected chi connectivity index (χ1v) is 6.21. The zero-order valence-electron chi connectivity index (χ0n) is 9.53. The molecule has 0 fully saturated rings. The highest BCUT2D eigenvalue weighted by molar-refractivity contribution is 8.00. The Morgan fingerprint density at radius 3 is 3.06 bits per heavy atom. The number of thioether (sulfide) groups is 1. The van der Waals surface area contributed by atoms with Gasteiger partial charge in [0.2, 0.25) is 11.8 Å². The zero-order valence-corrected chi connectivity index (χ0v) is 10.3. The second-order valence-electron chi connectivity index (χ2n) is 3.58. The Morgan fingerprint density at radius 2 is 2.50 bits per heavy atom. The fourth-order valence-corrected chi connectivity index (χ4v) is 1.94. The zero-order chi connectivity index (χ0) is 12.0. The number of amides is 1. The average Bonchev–Trinajstić information content (AvgIpc) is 2.61. The molecule has 16 heavy (non-hydrogen) atoms. The van der Waals surface area contributed by atoms with E-state index in [1.54, 1.807) is 24.8 Å². The first-order valence-electron chi connectivity index (χ1n) is 5.16. The molecule has 0 spiro atoms. The van der Waals surface area contributed by atoms with Crippen LogP contribution in [0.25, 0.3) is 0 Å². The molecule has 0 aliphatic rings. The number of carbonyl (C=O) groups excluding carboxylic acids is 1. The van der Waals surface area contributed by atoms with Gasteiger partial charge in [-0.2, -0.15) is 0 Å². The first kappa shape index (κ1) is 13.1. The van der Waals surface area contributed by atoms with Crippen molar-refractivity contribution >= 4 is 23.6 Å². The van der Waals surface area contributed by atoms with E-state index in [-0.39, 0.29) is 5.91 Å². The molecule has 6 heteroatoms. The van der Waals surface area contributed by atoms with Crippen LogP contribution in [0.5, 0.6) is 0 Å². The lowest BCUT2D eigenvalue weighted by molar-refractivity contribution is -0.113. The van der Waals surface area contributed by atoms with Crippen LogP contribution in [0.1, 0.15) is 19.0 Å². The van der Waals surface area contributed by atoms with Crippen molar-refractivity contribution in [2.45, 2.75) is 25.5 Å². The highest BCUT2D eigenvalue weighted by atomic mass is 32.2. The molecule has 3 N–H and O–H groups in total. The number of anilines is 1. The summed E-state index contributed by atoms with van der Waals surface area (Å²) in [6.45, 7) is 4.51. The number of nitrogens with one attached hydrogen (secondary N) is 1. The number of aryl methyl sites for hydroxylation is 1. The van der Waals surface area contributed by atoms with Gasteiger partial charge in [0, 0.05) is 11.3 Å². The Hall–Kier alpha value is -1.01. The summed E-state index contributed by atoms with van der Waals surface area (Å²) in [6, 6.07) is 1.69. The lowest BCUT2D eigenvalue weighted by atomic mass is 10.3. The molecule has 1 atom stereocenters. The molecule has 0 aliphatic carbocycles. The molecule has 5 nitrogen and oxygen atoms in total. The van der Waals surface area contributed by atoms with E-state index in [0.29, 0.717) is 23.4 Å². The largest absolute Gasteiger partial charge is 0.338 e. The monoisotopic (exact) mass is 243 g/mol. The lowest BCUT2D eigenvalue weighted by Crippen LogP contribution is -2.16. The number of aromatic nitrogens is 1. The van der Waals surface area contributed by atoms with Gasteiger partial charge in [0.25, 0.3) is 0 Å². The molecule has 1 amide bonds. The molecular weight excluding hydrogens is 226 g/mol. The summed E-state index contributed by atoms with van der Waals surface area (Å²) in [4.78, 5) is 11.5. The second-order valence-corrected chi connectivity index (χ2v) is 5.01. The highest BCUT2D eigenvalue weighted by Gasteiger charge is 2.09. The van der Waals surface area contributed by atoms with Gasteiger partial charge in [-0.15, -0.1) is 11.8 Å². The molecule has 1 aromatic heterocycles. The number of rotatable bonds is 6. The topological polar surface area (TPSA) is 81.2 Å². The van der Waals surface area contributed by atoms with Gasteiger partial charge in [0.1, 0.15) is 0 Å². The van der Waals surface area contributed by atoms with Gasteiger partial charge in [0.15, 0.2) is 0 Å². The molecule has 0 aromatic carbocycles. The summed E-state index contributed by atoms with van der Waals surface area (Å²) in [5, 5.41) is 6.72. The van der Waals surface area contributed by atoms with Crippen molar-refractivity contribution in [3.05, 3.63) is 11.8 Å². The smallest absolute Gasteiger partial charge is 0.236 e. The quantitative estimate of drug-likeness (QED) is 0.789. The first-order chi connectivity index (χ1) is 7.61. The van der Waals surface area contributed by atoms with Gasteiger partial charge in [-0.05, 0) is 19.9 Å². The molecular formula is C10H17N3O2S. The third-order valence-corrected chi connectivity index (χ3v) is 3.20. The summed E-state index contributed by atoms with van der Waals surface area (Å²) in [5.41, 5.74) is 6.17. The summed E-state index contributed by atoms with van der Waals surface area (Å²) >= 11 is 1.58. The van der Waals surface area contributed by atoms with Crippen LogP contribution in [-0.4, -0.2) is 28.6 Å². The van der Waals surface area contributed by atoms with Crippen LogP contribution < -0.4 is 11.1 Å². The molecule has 90 valence electrons. The molecule has 0 saturated heterocycles. The van der Waals surface area contributed by atoms with Crippen molar-refractivity contribution in [3.63, 3.8) is 0 Å². The molecule has 1 unspecified atom stereocenters. The van der Waals surface area contributed by atoms with Crippen molar-refractivity contribution in [2.24, 2.45) is 5.73 Å². The van der Waals surface area contributed by atoms with E-state index < -0.39 is 0 Å². The normalized spacial score (nSPS) is 12.4. The van der Waals surface area contributed by atoms with Crippen LogP contribution in [0, 0.1) is 6.92 Å². The van der Waals surface area contributed by atoms with Gasteiger partial charge < -0.3 is 10.3 Å². The third-order valence-electron chi connectivity index (χ3n) is 1.96. The van der Waals surface area contributed by atoms with Crippen LogP contribution in [0.3, 0.4) is 0 Å². The minimum absolute atomic E-state index is 0.0787. The Balaban J connectivity index is 2.26. The summed E-state index contributed by atoms with van der Waals surface area (Å²) in [7, 11) is 0. The maximum Gasteiger partial charge on any atom is 0.236 e. The summed E-state index contributed by atoms with van der Waals surface area (Å²) < 4.78 is 4.88. The second kappa shape index (κ2) is 6.55. The van der Waals surface area contributed by atoms with E-state index >= 15 is 0 Å². The van der Waals surface area contributed by atoms with Crippen LogP contribution >= 0.6 is 11.8 Å². The number of carbonyl (C=O) groups is 1. The fraction of sp³-hybridized carbons (Fsp3) is 0.600. The number of nitrogens with two attached hydrogens (primary N) is 1. The fourth-order valence-electron chi connectivity index (χ4n) is 1.13. The molecule has 0 saturated carbocycles. The van der Waals surface area contributed by atoms with Gasteiger partial charge in [0.05, 0.1) is 11.4 Å². The van der Waals surface area contributed by atoms with Gasteiger partial charge >= 0.3 is 0 Å². The lowest BCUT2D eigenvalue weighted by Gasteiger charge is -2.08. The Bertz CT molecular complexity index is 341. The maximum absolute atomic E-state index is 11.5. The summed E-state index contributed by atoms with van der Waals surface area (Å²) in [6.07, 6.45) is 0.916. The highest BCUT2D eigenvalue weighted by Crippen LogP contribution is 2.14. The molecule has 1 rings (SSSR count). The Labute approximate surface area is 99.1 Å². The molecule has 0 bridgehead atoms. The van der Waals surface area contributed by atoms with Gasteiger partial charge in [-0.25, -0.2) is 0 Å². The van der Waals surface area contributed by atoms with Crippen LogP contribution in [0.4, 0.5) is 5.88 Å². The van der Waals surface area contributed by atoms with Crippen molar-refractivity contribution in [3.8, 4) is 0 Å². The molecule has 1 heterocycles. The average molecular weight is 243 g/mol. The number of hydrogen-bond acceptors (Lipinski definition) is 5. The standard InChI is InChI=1S/C10H17N3O2S/c1-7-5-10(15-13-7)12-9(14)6-16-8(2)3-4-11/h5,8H,3-4,6,11H2,1-2H3,(H,12,14). The predicted molar refractivity (Wildman–Crippen MR) is 65.5 cm³/mol. The number of nitrogens with zero attached hydrogens (tertiary/aromatic N) is 1. The van der Waals surface area contributed by atoms with Crippen LogP contribution in [-0.2, 0) is 4.79 Å². The van der Waals surface area contributed by atoms with Gasteiger partial charge in [-0.3, -0.25) is 10.1 Å². The minimum atomic E-state index is -0.0787. The Kier molecular flexibility index (Phi) is 5.34. The van der Waals surface area contributed by atoms with Crippen molar-refractivity contribution in [2.75, 3.05) is 17.6 Å².